The highest BCUT2D eigenvalue weighted by Gasteiger charge is 2.16. The lowest BCUT2D eigenvalue weighted by Gasteiger charge is -2.07. The van der Waals surface area contributed by atoms with Crippen molar-refractivity contribution in [3.8, 4) is 0 Å². The van der Waals surface area contributed by atoms with Gasteiger partial charge in [-0.1, -0.05) is 124 Å². The second kappa shape index (κ2) is 22.0. The second-order valence-electron chi connectivity index (χ2n) is 10.2. The molecule has 2 nitrogen and oxygen atoms in total. The van der Waals surface area contributed by atoms with Gasteiger partial charge in [0.25, 0.3) is 5.82 Å². The number of aryl methyl sites for hydroxylation is 2. The highest BCUT2D eigenvalue weighted by molar-refractivity contribution is 4.84. The molecular formula is C30H59N2+. The zero-order valence-electron chi connectivity index (χ0n) is 22.5. The minimum atomic E-state index is 1.22. The van der Waals surface area contributed by atoms with Crippen LogP contribution < -0.4 is 4.57 Å². The quantitative estimate of drug-likeness (QED) is 0.110. The molecule has 0 saturated heterocycles. The van der Waals surface area contributed by atoms with Crippen LogP contribution in [0.3, 0.4) is 0 Å². The average molecular weight is 448 g/mol. The summed E-state index contributed by atoms with van der Waals surface area (Å²) in [6, 6.07) is 0. The van der Waals surface area contributed by atoms with Crippen molar-refractivity contribution in [2.24, 2.45) is 0 Å². The van der Waals surface area contributed by atoms with E-state index in [9.17, 15) is 0 Å². The summed E-state index contributed by atoms with van der Waals surface area (Å²) in [7, 11) is 0. The van der Waals surface area contributed by atoms with Crippen LogP contribution in [0.2, 0.25) is 0 Å². The van der Waals surface area contributed by atoms with Crippen LogP contribution in [0.25, 0.3) is 0 Å². The third-order valence-corrected chi connectivity index (χ3v) is 7.10. The van der Waals surface area contributed by atoms with Gasteiger partial charge in [-0.3, -0.25) is 0 Å². The fraction of sp³-hybridized carbons (Fsp3) is 0.900. The Balaban J connectivity index is 2.34. The van der Waals surface area contributed by atoms with Crippen molar-refractivity contribution >= 4 is 0 Å². The van der Waals surface area contributed by atoms with E-state index >= 15 is 0 Å². The summed E-state index contributed by atoms with van der Waals surface area (Å²) in [6.45, 7) is 9.37. The van der Waals surface area contributed by atoms with Crippen LogP contribution in [0.15, 0.2) is 12.4 Å². The highest BCUT2D eigenvalue weighted by Crippen LogP contribution is 2.13. The van der Waals surface area contributed by atoms with Gasteiger partial charge in [0.15, 0.2) is 0 Å². The van der Waals surface area contributed by atoms with Crippen molar-refractivity contribution in [1.29, 1.82) is 0 Å². The second-order valence-corrected chi connectivity index (χ2v) is 10.2. The molecule has 0 bridgehead atoms. The number of unbranched alkanes of at least 4 members (excludes halogenated alkanes) is 18. The largest absolute Gasteiger partial charge is 0.256 e. The molecular weight excluding hydrogens is 388 g/mol. The fourth-order valence-corrected chi connectivity index (χ4v) is 4.91. The molecule has 1 rings (SSSR count). The topological polar surface area (TPSA) is 8.81 Å². The summed E-state index contributed by atoms with van der Waals surface area (Å²) in [6.07, 6.45) is 35.5. The van der Waals surface area contributed by atoms with Crippen molar-refractivity contribution in [1.82, 2.24) is 4.57 Å². The maximum absolute atomic E-state index is 2.60. The zero-order valence-corrected chi connectivity index (χ0v) is 22.5. The first-order valence-electron chi connectivity index (χ1n) is 14.9. The van der Waals surface area contributed by atoms with Gasteiger partial charge < -0.3 is 0 Å². The lowest BCUT2D eigenvalue weighted by molar-refractivity contribution is -0.704. The molecule has 0 aromatic carbocycles. The van der Waals surface area contributed by atoms with Crippen LogP contribution in [0.5, 0.6) is 0 Å². The summed E-state index contributed by atoms with van der Waals surface area (Å²) < 4.78 is 5.19. The monoisotopic (exact) mass is 447 g/mol. The average Bonchev–Trinajstić information content (AvgIpc) is 3.19. The minimum Gasteiger partial charge on any atom is -0.234 e. The van der Waals surface area contributed by atoms with Gasteiger partial charge in [-0.15, -0.1) is 0 Å². The Bertz CT molecular complexity index is 505. The predicted octanol–water partition coefficient (Wildman–Crippen LogP) is 9.57. The molecule has 188 valence electrons. The molecule has 0 aliphatic rings. The molecule has 2 heteroatoms. The standard InChI is InChI=1S/C30H59N2/c1-4-7-10-13-15-17-19-21-24-27-32-29-28-31(26-23-12-9-6-3)30(32)25-22-20-18-16-14-11-8-5-2/h28-29H,4-27H2,1-3H3/q+1. The van der Waals surface area contributed by atoms with Crippen molar-refractivity contribution in [2.45, 2.75) is 175 Å². The maximum atomic E-state index is 2.60. The van der Waals surface area contributed by atoms with Gasteiger partial charge in [0.2, 0.25) is 0 Å². The normalized spacial score (nSPS) is 11.5. The van der Waals surface area contributed by atoms with Crippen LogP contribution in [0.1, 0.15) is 161 Å². The van der Waals surface area contributed by atoms with E-state index in [-0.39, 0.29) is 0 Å². The first-order valence-corrected chi connectivity index (χ1v) is 14.9. The van der Waals surface area contributed by atoms with Gasteiger partial charge in [0.05, 0.1) is 13.1 Å². The Morgan fingerprint density at radius 1 is 0.531 bits per heavy atom. The molecule has 1 aromatic heterocycles. The van der Waals surface area contributed by atoms with Crippen LogP contribution in [-0.2, 0) is 19.5 Å². The molecule has 0 atom stereocenters. The predicted molar refractivity (Wildman–Crippen MR) is 142 cm³/mol. The van der Waals surface area contributed by atoms with Crippen molar-refractivity contribution < 1.29 is 4.57 Å². The Kier molecular flexibility index (Phi) is 20.1. The van der Waals surface area contributed by atoms with E-state index in [1.807, 2.05) is 0 Å². The van der Waals surface area contributed by atoms with Crippen molar-refractivity contribution in [3.05, 3.63) is 18.2 Å². The summed E-state index contributed by atoms with van der Waals surface area (Å²) in [5, 5.41) is 0. The number of aromatic nitrogens is 2. The Labute approximate surface area is 202 Å². The van der Waals surface area contributed by atoms with Gasteiger partial charge >= 0.3 is 0 Å². The van der Waals surface area contributed by atoms with Gasteiger partial charge in [0.1, 0.15) is 12.4 Å². The van der Waals surface area contributed by atoms with E-state index in [0.717, 1.165) is 0 Å². The Morgan fingerprint density at radius 2 is 0.969 bits per heavy atom. The zero-order chi connectivity index (χ0) is 23.1. The number of hydrogen-bond donors (Lipinski definition) is 0. The van der Waals surface area contributed by atoms with E-state index < -0.39 is 0 Å². The number of rotatable bonds is 24. The summed E-state index contributed by atoms with van der Waals surface area (Å²) in [5.41, 5.74) is 0. The summed E-state index contributed by atoms with van der Waals surface area (Å²) in [5.74, 6) is 1.60. The molecule has 0 spiro atoms. The third kappa shape index (κ3) is 15.1. The molecule has 0 unspecified atom stereocenters. The molecule has 0 radical (unpaired) electrons. The lowest BCUT2D eigenvalue weighted by Crippen LogP contribution is -2.37. The van der Waals surface area contributed by atoms with Crippen LogP contribution in [-0.4, -0.2) is 4.57 Å². The molecule has 0 aliphatic carbocycles. The number of imidazole rings is 1. The SMILES string of the molecule is CCCCCCCCCCC[n+]1ccn(CCCCCC)c1CCCCCCCCCC. The molecule has 0 amide bonds. The number of nitrogens with zero attached hydrogens (tertiary/aromatic N) is 2. The van der Waals surface area contributed by atoms with E-state index in [1.165, 1.54) is 154 Å². The maximum Gasteiger partial charge on any atom is 0.256 e. The lowest BCUT2D eigenvalue weighted by atomic mass is 10.1. The fourth-order valence-electron chi connectivity index (χ4n) is 4.91. The van der Waals surface area contributed by atoms with Crippen molar-refractivity contribution in [3.63, 3.8) is 0 Å². The first-order chi connectivity index (χ1) is 15.8. The van der Waals surface area contributed by atoms with E-state index in [1.54, 1.807) is 5.82 Å². The van der Waals surface area contributed by atoms with Crippen LogP contribution in [0, 0.1) is 0 Å². The van der Waals surface area contributed by atoms with Crippen LogP contribution >= 0.6 is 0 Å². The summed E-state index contributed by atoms with van der Waals surface area (Å²) >= 11 is 0. The molecule has 0 N–H and O–H groups in total. The first kappa shape index (κ1) is 29.2. The van der Waals surface area contributed by atoms with Gasteiger partial charge in [0, 0.05) is 6.42 Å². The molecule has 0 fully saturated rings. The molecule has 1 aromatic rings. The van der Waals surface area contributed by atoms with E-state index in [2.05, 4.69) is 42.3 Å². The third-order valence-electron chi connectivity index (χ3n) is 7.10. The van der Waals surface area contributed by atoms with Gasteiger partial charge in [-0.25, -0.2) is 9.13 Å². The summed E-state index contributed by atoms with van der Waals surface area (Å²) in [4.78, 5) is 0. The minimum absolute atomic E-state index is 1.22. The van der Waals surface area contributed by atoms with E-state index in [4.69, 9.17) is 0 Å². The van der Waals surface area contributed by atoms with Crippen molar-refractivity contribution in [2.75, 3.05) is 0 Å². The number of hydrogen-bond acceptors (Lipinski definition) is 0. The van der Waals surface area contributed by atoms with E-state index in [0.29, 0.717) is 0 Å². The van der Waals surface area contributed by atoms with Crippen LogP contribution in [0.4, 0.5) is 0 Å². The molecule has 0 saturated carbocycles. The van der Waals surface area contributed by atoms with Gasteiger partial charge in [-0.2, -0.15) is 0 Å². The molecule has 32 heavy (non-hydrogen) atoms. The Morgan fingerprint density at radius 3 is 1.50 bits per heavy atom. The molecule has 1 heterocycles. The molecule has 0 aliphatic heterocycles. The van der Waals surface area contributed by atoms with Gasteiger partial charge in [-0.05, 0) is 32.1 Å². The highest BCUT2D eigenvalue weighted by atomic mass is 15.1. The Hall–Kier alpha value is -0.790. The smallest absolute Gasteiger partial charge is 0.234 e.